The predicted molar refractivity (Wildman–Crippen MR) is 37.2 cm³/mol. The highest BCUT2D eigenvalue weighted by Crippen LogP contribution is 2.16. The fourth-order valence-electron chi connectivity index (χ4n) is 0.622. The summed E-state index contributed by atoms with van der Waals surface area (Å²) < 4.78 is 12.2. The normalized spacial score (nSPS) is 13.1. The van der Waals surface area contributed by atoms with Gasteiger partial charge in [0, 0.05) is 0 Å². The van der Waals surface area contributed by atoms with Gasteiger partial charge in [-0.2, -0.15) is 0 Å². The van der Waals surface area contributed by atoms with Gasteiger partial charge in [-0.05, 0) is 17.7 Å². The first-order chi connectivity index (χ1) is 4.70. The first-order valence-corrected chi connectivity index (χ1v) is 3.21. The molecule has 54 valence electrons. The fourth-order valence-corrected chi connectivity index (χ4v) is 0.767. The average molecular weight is 161 g/mol. The second kappa shape index (κ2) is 2.99. The molecule has 0 heterocycles. The summed E-state index contributed by atoms with van der Waals surface area (Å²) in [6.45, 7) is 0. The zero-order chi connectivity index (χ0) is 7.56. The first kappa shape index (κ1) is 7.51. The molecule has 0 bridgehead atoms. The van der Waals surface area contributed by atoms with Crippen molar-refractivity contribution in [1.82, 2.24) is 0 Å². The summed E-state index contributed by atoms with van der Waals surface area (Å²) in [5.74, 6) is -0.332. The van der Waals surface area contributed by atoms with E-state index in [2.05, 4.69) is 0 Å². The molecule has 0 aliphatic rings. The summed E-state index contributed by atoms with van der Waals surface area (Å²) in [4.78, 5) is 0. The van der Waals surface area contributed by atoms with E-state index < -0.39 is 5.56 Å². The Labute approximate surface area is 63.1 Å². The maximum atomic E-state index is 12.2. The summed E-state index contributed by atoms with van der Waals surface area (Å²) in [5, 5.41) is 8.76. The van der Waals surface area contributed by atoms with Crippen molar-refractivity contribution in [2.75, 3.05) is 0 Å². The molecule has 0 saturated carbocycles. The highest BCUT2D eigenvalue weighted by atomic mass is 35.5. The van der Waals surface area contributed by atoms with Crippen LogP contribution in [0.4, 0.5) is 4.39 Å². The van der Waals surface area contributed by atoms with E-state index in [1.54, 1.807) is 0 Å². The molecule has 1 unspecified atom stereocenters. The maximum absolute atomic E-state index is 12.2. The molecule has 1 nitrogen and oxygen atoms in total. The van der Waals surface area contributed by atoms with E-state index in [1.165, 1.54) is 24.3 Å². The molecule has 1 N–H and O–H groups in total. The van der Waals surface area contributed by atoms with Crippen molar-refractivity contribution in [1.29, 1.82) is 0 Å². The molecule has 10 heavy (non-hydrogen) atoms. The van der Waals surface area contributed by atoms with E-state index in [0.717, 1.165) is 0 Å². The lowest BCUT2D eigenvalue weighted by Crippen LogP contribution is -1.86. The molecule has 0 radical (unpaired) electrons. The van der Waals surface area contributed by atoms with E-state index in [9.17, 15) is 4.39 Å². The highest BCUT2D eigenvalue weighted by molar-refractivity contribution is 6.19. The second-order valence-electron chi connectivity index (χ2n) is 1.89. The van der Waals surface area contributed by atoms with Gasteiger partial charge in [-0.15, -0.1) is 0 Å². The van der Waals surface area contributed by atoms with Gasteiger partial charge in [0.1, 0.15) is 5.82 Å². The number of rotatable bonds is 1. The Kier molecular flexibility index (Phi) is 2.25. The third kappa shape index (κ3) is 1.69. The largest absolute Gasteiger partial charge is 0.373 e. The lowest BCUT2D eigenvalue weighted by atomic mass is 10.2. The van der Waals surface area contributed by atoms with Crippen LogP contribution in [0.2, 0.25) is 0 Å². The Morgan fingerprint density at radius 3 is 2.20 bits per heavy atom. The molecule has 1 aromatic carbocycles. The van der Waals surface area contributed by atoms with Gasteiger partial charge in [0.05, 0.1) is 0 Å². The summed E-state index contributed by atoms with van der Waals surface area (Å²) in [6, 6.07) is 5.38. The van der Waals surface area contributed by atoms with E-state index in [0.29, 0.717) is 5.56 Å². The van der Waals surface area contributed by atoms with Gasteiger partial charge < -0.3 is 5.11 Å². The smallest absolute Gasteiger partial charge is 0.153 e. The quantitative estimate of drug-likeness (QED) is 0.624. The molecule has 1 rings (SSSR count). The topological polar surface area (TPSA) is 20.2 Å². The summed E-state index contributed by atoms with van der Waals surface area (Å²) in [6.07, 6.45) is 0. The Morgan fingerprint density at radius 2 is 1.80 bits per heavy atom. The van der Waals surface area contributed by atoms with E-state index in [4.69, 9.17) is 16.7 Å². The molecule has 0 aromatic heterocycles. The minimum absolute atomic E-state index is 0.332. The molecule has 3 heteroatoms. The number of hydrogen-bond acceptors (Lipinski definition) is 1. The molecule has 0 amide bonds. The van der Waals surface area contributed by atoms with Crippen LogP contribution in [-0.2, 0) is 0 Å². The maximum Gasteiger partial charge on any atom is 0.153 e. The molecular weight excluding hydrogens is 155 g/mol. The second-order valence-corrected chi connectivity index (χ2v) is 2.30. The zero-order valence-electron chi connectivity index (χ0n) is 5.09. The molecule has 0 fully saturated rings. The van der Waals surface area contributed by atoms with Crippen LogP contribution in [0.5, 0.6) is 0 Å². The van der Waals surface area contributed by atoms with Crippen molar-refractivity contribution in [2.45, 2.75) is 5.56 Å². The number of alkyl halides is 1. The molecule has 0 aliphatic heterocycles. The van der Waals surface area contributed by atoms with Crippen molar-refractivity contribution in [3.63, 3.8) is 0 Å². The zero-order valence-corrected chi connectivity index (χ0v) is 5.85. The van der Waals surface area contributed by atoms with Crippen molar-refractivity contribution in [3.8, 4) is 0 Å². The van der Waals surface area contributed by atoms with Crippen LogP contribution in [-0.4, -0.2) is 5.11 Å². The minimum atomic E-state index is -1.04. The average Bonchev–Trinajstić information content (AvgIpc) is 1.88. The van der Waals surface area contributed by atoms with Gasteiger partial charge in [0.15, 0.2) is 5.56 Å². The predicted octanol–water partition coefficient (Wildman–Crippen LogP) is 2.06. The molecule has 0 aliphatic carbocycles. The van der Waals surface area contributed by atoms with Crippen LogP contribution < -0.4 is 0 Å². The minimum Gasteiger partial charge on any atom is -0.373 e. The third-order valence-corrected chi connectivity index (χ3v) is 1.40. The fraction of sp³-hybridized carbons (Fsp3) is 0.143. The number of hydrogen-bond donors (Lipinski definition) is 1. The van der Waals surface area contributed by atoms with Crippen LogP contribution >= 0.6 is 11.6 Å². The number of halogens is 2. The molecule has 1 aromatic rings. The van der Waals surface area contributed by atoms with Crippen molar-refractivity contribution >= 4 is 11.6 Å². The number of aliphatic hydroxyl groups excluding tert-OH is 1. The van der Waals surface area contributed by atoms with Gasteiger partial charge in [0.25, 0.3) is 0 Å². The summed E-state index contributed by atoms with van der Waals surface area (Å²) in [7, 11) is 0. The summed E-state index contributed by atoms with van der Waals surface area (Å²) in [5.41, 5.74) is -0.538. The first-order valence-electron chi connectivity index (χ1n) is 2.78. The van der Waals surface area contributed by atoms with Gasteiger partial charge >= 0.3 is 0 Å². The van der Waals surface area contributed by atoms with E-state index >= 15 is 0 Å². The van der Waals surface area contributed by atoms with Crippen molar-refractivity contribution in [3.05, 3.63) is 35.6 Å². The van der Waals surface area contributed by atoms with E-state index in [-0.39, 0.29) is 5.82 Å². The van der Waals surface area contributed by atoms with Crippen LogP contribution in [0.1, 0.15) is 11.1 Å². The molecule has 0 saturated heterocycles. The van der Waals surface area contributed by atoms with Gasteiger partial charge in [-0.25, -0.2) is 4.39 Å². The third-order valence-electron chi connectivity index (χ3n) is 1.15. The van der Waals surface area contributed by atoms with Crippen LogP contribution in [0.3, 0.4) is 0 Å². The van der Waals surface area contributed by atoms with Crippen molar-refractivity contribution in [2.24, 2.45) is 0 Å². The standard InChI is InChI=1S/C7H6ClFO/c8-7(10)5-1-3-6(9)4-2-5/h1-4,7,10H. The Balaban J connectivity index is 2.89. The Morgan fingerprint density at radius 1 is 1.30 bits per heavy atom. The summed E-state index contributed by atoms with van der Waals surface area (Å²) >= 11 is 5.29. The van der Waals surface area contributed by atoms with Gasteiger partial charge in [-0.3, -0.25) is 0 Å². The molecule has 1 atom stereocenters. The van der Waals surface area contributed by atoms with E-state index in [1.807, 2.05) is 0 Å². The van der Waals surface area contributed by atoms with Crippen LogP contribution in [0.25, 0.3) is 0 Å². The Bertz CT molecular complexity index is 207. The van der Waals surface area contributed by atoms with Gasteiger partial charge in [-0.1, -0.05) is 23.7 Å². The molecular formula is C7H6ClFO. The number of benzene rings is 1. The SMILES string of the molecule is OC(Cl)c1ccc(F)cc1. The van der Waals surface area contributed by atoms with Crippen molar-refractivity contribution < 1.29 is 9.50 Å². The highest BCUT2D eigenvalue weighted by Gasteiger charge is 2.00. The monoisotopic (exact) mass is 160 g/mol. The van der Waals surface area contributed by atoms with Crippen LogP contribution in [0, 0.1) is 5.82 Å². The lowest BCUT2D eigenvalue weighted by molar-refractivity contribution is 0.263. The molecule has 0 spiro atoms. The van der Waals surface area contributed by atoms with Gasteiger partial charge in [0.2, 0.25) is 0 Å². The Hall–Kier alpha value is -0.600. The van der Waals surface area contributed by atoms with Crippen LogP contribution in [0.15, 0.2) is 24.3 Å². The lowest BCUT2D eigenvalue weighted by Gasteiger charge is -1.99. The number of aliphatic hydroxyl groups is 1.